The fraction of sp³-hybridized carbons (Fsp3) is 0.714. The van der Waals surface area contributed by atoms with Crippen molar-refractivity contribution in [3.8, 4) is 0 Å². The Hall–Kier alpha value is -1.01. The van der Waals surface area contributed by atoms with Crippen LogP contribution in [0.25, 0.3) is 0 Å². The number of thioether (sulfide) groups is 1. The van der Waals surface area contributed by atoms with Crippen molar-refractivity contribution in [3.63, 3.8) is 0 Å². The van der Waals surface area contributed by atoms with Gasteiger partial charge in [-0.05, 0) is 29.9 Å². The van der Waals surface area contributed by atoms with Crippen LogP contribution < -0.4 is 10.6 Å². The summed E-state index contributed by atoms with van der Waals surface area (Å²) in [6.45, 7) is 1.64. The predicted molar refractivity (Wildman–Crippen MR) is 80.8 cm³/mol. The SMILES string of the molecule is Cn1cc([C@H]2CNC[C@@H]2C(=O)NC2CCSCC2)cn1. The maximum Gasteiger partial charge on any atom is 0.225 e. The average molecular weight is 294 g/mol. The Bertz CT molecular complexity index is 469. The lowest BCUT2D eigenvalue weighted by molar-refractivity contribution is -0.125. The Morgan fingerprint density at radius 2 is 2.25 bits per heavy atom. The van der Waals surface area contributed by atoms with Gasteiger partial charge in [-0.15, -0.1) is 0 Å². The first kappa shape index (κ1) is 13.9. The molecule has 0 bridgehead atoms. The van der Waals surface area contributed by atoms with Gasteiger partial charge in [-0.25, -0.2) is 0 Å². The normalized spacial score (nSPS) is 27.6. The van der Waals surface area contributed by atoms with E-state index < -0.39 is 0 Å². The minimum atomic E-state index is 0.0359. The highest BCUT2D eigenvalue weighted by atomic mass is 32.2. The molecule has 6 heteroatoms. The molecule has 20 heavy (non-hydrogen) atoms. The van der Waals surface area contributed by atoms with Crippen molar-refractivity contribution in [2.45, 2.75) is 24.8 Å². The van der Waals surface area contributed by atoms with Crippen LogP contribution >= 0.6 is 11.8 Å². The van der Waals surface area contributed by atoms with E-state index in [9.17, 15) is 4.79 Å². The molecule has 3 heterocycles. The molecule has 2 N–H and O–H groups in total. The summed E-state index contributed by atoms with van der Waals surface area (Å²) in [5.74, 6) is 2.83. The highest BCUT2D eigenvalue weighted by molar-refractivity contribution is 7.99. The van der Waals surface area contributed by atoms with E-state index in [-0.39, 0.29) is 17.7 Å². The van der Waals surface area contributed by atoms with Crippen molar-refractivity contribution in [2.75, 3.05) is 24.6 Å². The van der Waals surface area contributed by atoms with E-state index in [2.05, 4.69) is 15.7 Å². The molecule has 110 valence electrons. The number of aryl methyl sites for hydroxylation is 1. The topological polar surface area (TPSA) is 59.0 Å². The lowest BCUT2D eigenvalue weighted by atomic mass is 9.90. The molecule has 0 radical (unpaired) electrons. The van der Waals surface area contributed by atoms with Crippen LogP contribution in [0.1, 0.15) is 24.3 Å². The number of hydrogen-bond donors (Lipinski definition) is 2. The van der Waals surface area contributed by atoms with Gasteiger partial charge in [-0.1, -0.05) is 0 Å². The Morgan fingerprint density at radius 3 is 2.95 bits per heavy atom. The molecular formula is C14H22N4OS. The molecule has 0 unspecified atom stereocenters. The largest absolute Gasteiger partial charge is 0.353 e. The van der Waals surface area contributed by atoms with Gasteiger partial charge in [0.05, 0.1) is 12.1 Å². The van der Waals surface area contributed by atoms with Gasteiger partial charge in [0.2, 0.25) is 5.91 Å². The second kappa shape index (κ2) is 6.18. The Kier molecular flexibility index (Phi) is 4.31. The van der Waals surface area contributed by atoms with Crippen LogP contribution in [0.15, 0.2) is 12.4 Å². The average Bonchev–Trinajstić information content (AvgIpc) is 3.08. The number of carbonyl (C=O) groups excluding carboxylic acids is 1. The van der Waals surface area contributed by atoms with Gasteiger partial charge in [0.25, 0.3) is 0 Å². The van der Waals surface area contributed by atoms with Gasteiger partial charge in [-0.3, -0.25) is 9.48 Å². The summed E-state index contributed by atoms with van der Waals surface area (Å²) in [6.07, 6.45) is 6.12. The van der Waals surface area contributed by atoms with Gasteiger partial charge < -0.3 is 10.6 Å². The van der Waals surface area contributed by atoms with E-state index in [4.69, 9.17) is 0 Å². The van der Waals surface area contributed by atoms with Crippen molar-refractivity contribution >= 4 is 17.7 Å². The van der Waals surface area contributed by atoms with Crippen molar-refractivity contribution in [1.82, 2.24) is 20.4 Å². The fourth-order valence-corrected chi connectivity index (χ4v) is 4.19. The van der Waals surface area contributed by atoms with Crippen molar-refractivity contribution < 1.29 is 4.79 Å². The van der Waals surface area contributed by atoms with Gasteiger partial charge in [0.15, 0.2) is 0 Å². The number of carbonyl (C=O) groups is 1. The third-order valence-corrected chi connectivity index (χ3v) is 5.32. The van der Waals surface area contributed by atoms with E-state index in [0.717, 1.165) is 31.5 Å². The molecule has 2 atom stereocenters. The van der Waals surface area contributed by atoms with Crippen LogP contribution in [0.2, 0.25) is 0 Å². The van der Waals surface area contributed by atoms with Gasteiger partial charge >= 0.3 is 0 Å². The molecule has 0 aliphatic carbocycles. The third-order valence-electron chi connectivity index (χ3n) is 4.27. The molecule has 0 saturated carbocycles. The van der Waals surface area contributed by atoms with E-state index in [0.29, 0.717) is 6.04 Å². The number of hydrogen-bond acceptors (Lipinski definition) is 4. The van der Waals surface area contributed by atoms with E-state index >= 15 is 0 Å². The van der Waals surface area contributed by atoms with Crippen molar-refractivity contribution in [2.24, 2.45) is 13.0 Å². The van der Waals surface area contributed by atoms with Crippen LogP contribution in [-0.2, 0) is 11.8 Å². The zero-order valence-corrected chi connectivity index (χ0v) is 12.7. The fourth-order valence-electron chi connectivity index (χ4n) is 3.09. The van der Waals surface area contributed by atoms with Crippen molar-refractivity contribution in [1.29, 1.82) is 0 Å². The third kappa shape index (κ3) is 3.01. The van der Waals surface area contributed by atoms with Crippen molar-refractivity contribution in [3.05, 3.63) is 18.0 Å². The predicted octanol–water partition coefficient (Wildman–Crippen LogP) is 0.735. The number of rotatable bonds is 3. The van der Waals surface area contributed by atoms with E-state index in [1.54, 1.807) is 4.68 Å². The first-order valence-electron chi connectivity index (χ1n) is 7.31. The summed E-state index contributed by atoms with van der Waals surface area (Å²) >= 11 is 1.98. The van der Waals surface area contributed by atoms with Crippen LogP contribution in [0.5, 0.6) is 0 Å². The Balaban J connectivity index is 1.63. The summed E-state index contributed by atoms with van der Waals surface area (Å²) in [7, 11) is 1.92. The molecule has 2 aliphatic heterocycles. The summed E-state index contributed by atoms with van der Waals surface area (Å²) in [4.78, 5) is 12.5. The van der Waals surface area contributed by atoms with Crippen LogP contribution in [0, 0.1) is 5.92 Å². The summed E-state index contributed by atoms with van der Waals surface area (Å²) in [6, 6.07) is 0.374. The van der Waals surface area contributed by atoms with Crippen LogP contribution in [0.4, 0.5) is 0 Å². The molecule has 2 fully saturated rings. The first-order valence-corrected chi connectivity index (χ1v) is 8.47. The quantitative estimate of drug-likeness (QED) is 0.863. The second-order valence-corrected chi connectivity index (χ2v) is 6.94. The molecule has 0 spiro atoms. The number of nitrogens with zero attached hydrogens (tertiary/aromatic N) is 2. The molecule has 1 aromatic rings. The highest BCUT2D eigenvalue weighted by Crippen LogP contribution is 2.28. The maximum absolute atomic E-state index is 12.5. The summed E-state index contributed by atoms with van der Waals surface area (Å²) in [5.41, 5.74) is 1.16. The zero-order valence-electron chi connectivity index (χ0n) is 11.8. The smallest absolute Gasteiger partial charge is 0.225 e. The van der Waals surface area contributed by atoms with Crippen LogP contribution in [0.3, 0.4) is 0 Å². The molecule has 1 aromatic heterocycles. The van der Waals surface area contributed by atoms with E-state index in [1.807, 2.05) is 31.2 Å². The first-order chi connectivity index (χ1) is 9.74. The molecule has 1 amide bonds. The molecule has 0 aromatic carbocycles. The van der Waals surface area contributed by atoms with Gasteiger partial charge in [0.1, 0.15) is 0 Å². The minimum absolute atomic E-state index is 0.0359. The lowest BCUT2D eigenvalue weighted by Crippen LogP contribution is -2.42. The second-order valence-electron chi connectivity index (χ2n) is 5.71. The highest BCUT2D eigenvalue weighted by Gasteiger charge is 2.35. The summed E-state index contributed by atoms with van der Waals surface area (Å²) < 4.78 is 1.81. The van der Waals surface area contributed by atoms with E-state index in [1.165, 1.54) is 11.5 Å². The van der Waals surface area contributed by atoms with Crippen LogP contribution in [-0.4, -0.2) is 46.3 Å². The van der Waals surface area contributed by atoms with Gasteiger partial charge in [-0.2, -0.15) is 16.9 Å². The molecule has 3 rings (SSSR count). The molecule has 2 saturated heterocycles. The monoisotopic (exact) mass is 294 g/mol. The Morgan fingerprint density at radius 1 is 1.45 bits per heavy atom. The van der Waals surface area contributed by atoms with Gasteiger partial charge in [0, 0.05) is 38.3 Å². The molecule has 2 aliphatic rings. The number of aromatic nitrogens is 2. The number of amides is 1. The Labute approximate surface area is 123 Å². The summed E-state index contributed by atoms with van der Waals surface area (Å²) in [5, 5.41) is 10.8. The standard InChI is InChI=1S/C14H22N4OS/c1-18-9-10(6-16-18)12-7-15-8-13(12)14(19)17-11-2-4-20-5-3-11/h6,9,11-13,15H,2-5,7-8H2,1H3,(H,17,19)/t12-,13+/m1/s1. The molecular weight excluding hydrogens is 272 g/mol. The number of nitrogens with one attached hydrogen (secondary N) is 2. The maximum atomic E-state index is 12.5. The molecule has 5 nitrogen and oxygen atoms in total. The minimum Gasteiger partial charge on any atom is -0.353 e. The lowest BCUT2D eigenvalue weighted by Gasteiger charge is -2.25. The zero-order chi connectivity index (χ0) is 13.9.